The first-order chi connectivity index (χ1) is 7.50. The molecule has 1 heterocycles. The summed E-state index contributed by atoms with van der Waals surface area (Å²) in [5.74, 6) is -0.207. The minimum atomic E-state index is -0.596. The van der Waals surface area contributed by atoms with Crippen LogP contribution < -0.4 is 10.6 Å². The molecule has 2 N–H and O–H groups in total. The van der Waals surface area contributed by atoms with Crippen LogP contribution in [-0.4, -0.2) is 18.5 Å². The van der Waals surface area contributed by atoms with Crippen LogP contribution in [0.3, 0.4) is 0 Å². The van der Waals surface area contributed by atoms with Gasteiger partial charge in [0.1, 0.15) is 0 Å². The Morgan fingerprint density at radius 2 is 2.19 bits per heavy atom. The highest BCUT2D eigenvalue weighted by atomic mass is 16.2. The minimum Gasteiger partial charge on any atom is -0.336 e. The summed E-state index contributed by atoms with van der Waals surface area (Å²) in [4.78, 5) is 22.8. The number of unbranched alkanes of at least 4 members (excludes halogenated alkanes) is 2. The molecule has 16 heavy (non-hydrogen) atoms. The lowest BCUT2D eigenvalue weighted by atomic mass is 9.80. The highest BCUT2D eigenvalue weighted by molar-refractivity contribution is 6.01. The number of carbonyl (C=O) groups excluding carboxylic acids is 2. The monoisotopic (exact) mass is 224 g/mol. The third kappa shape index (κ3) is 2.62. The fraction of sp³-hybridized carbons (Fsp3) is 0.667. The van der Waals surface area contributed by atoms with E-state index in [4.69, 9.17) is 0 Å². The number of amides is 3. The van der Waals surface area contributed by atoms with Crippen molar-refractivity contribution in [3.8, 4) is 0 Å². The van der Waals surface area contributed by atoms with Crippen molar-refractivity contribution in [1.82, 2.24) is 10.6 Å². The van der Waals surface area contributed by atoms with Crippen molar-refractivity contribution < 1.29 is 9.59 Å². The number of rotatable bonds is 4. The first-order valence-electron chi connectivity index (χ1n) is 5.77. The van der Waals surface area contributed by atoms with Crippen LogP contribution in [0.5, 0.6) is 0 Å². The summed E-state index contributed by atoms with van der Waals surface area (Å²) in [5.41, 5.74) is 0.431. The van der Waals surface area contributed by atoms with E-state index >= 15 is 0 Å². The average Bonchev–Trinajstić information content (AvgIpc) is 2.24. The summed E-state index contributed by atoms with van der Waals surface area (Å²) in [6.45, 7) is 6.33. The van der Waals surface area contributed by atoms with Crippen LogP contribution in [0, 0.1) is 5.41 Å². The smallest absolute Gasteiger partial charge is 0.321 e. The molecule has 0 aromatic carbocycles. The number of hydrogen-bond acceptors (Lipinski definition) is 2. The van der Waals surface area contributed by atoms with Crippen molar-refractivity contribution in [2.75, 3.05) is 6.54 Å². The lowest BCUT2D eigenvalue weighted by Gasteiger charge is -2.33. The summed E-state index contributed by atoms with van der Waals surface area (Å²) in [7, 11) is 0. The highest BCUT2D eigenvalue weighted by Gasteiger charge is 2.39. The van der Waals surface area contributed by atoms with Gasteiger partial charge in [-0.05, 0) is 20.3 Å². The van der Waals surface area contributed by atoms with Crippen LogP contribution in [0.15, 0.2) is 11.6 Å². The van der Waals surface area contributed by atoms with Gasteiger partial charge in [0.15, 0.2) is 0 Å². The Morgan fingerprint density at radius 1 is 1.50 bits per heavy atom. The van der Waals surface area contributed by atoms with E-state index < -0.39 is 11.4 Å². The molecule has 1 aliphatic heterocycles. The quantitative estimate of drug-likeness (QED) is 0.566. The van der Waals surface area contributed by atoms with Crippen molar-refractivity contribution in [1.29, 1.82) is 0 Å². The van der Waals surface area contributed by atoms with E-state index in [1.165, 1.54) is 0 Å². The van der Waals surface area contributed by atoms with Crippen LogP contribution in [0.2, 0.25) is 0 Å². The lowest BCUT2D eigenvalue weighted by molar-refractivity contribution is -0.127. The van der Waals surface area contributed by atoms with Crippen molar-refractivity contribution in [3.05, 3.63) is 11.6 Å². The molecule has 1 atom stereocenters. The van der Waals surface area contributed by atoms with Crippen molar-refractivity contribution in [2.24, 2.45) is 5.41 Å². The zero-order valence-electron chi connectivity index (χ0n) is 10.2. The maximum atomic E-state index is 11.8. The fourth-order valence-electron chi connectivity index (χ4n) is 1.69. The molecule has 0 radical (unpaired) electrons. The van der Waals surface area contributed by atoms with Gasteiger partial charge in [0, 0.05) is 6.54 Å². The molecular weight excluding hydrogens is 204 g/mol. The van der Waals surface area contributed by atoms with Crippen LogP contribution in [0.4, 0.5) is 4.79 Å². The van der Waals surface area contributed by atoms with Crippen molar-refractivity contribution in [2.45, 2.75) is 40.0 Å². The van der Waals surface area contributed by atoms with Gasteiger partial charge in [0.25, 0.3) is 0 Å². The molecule has 0 aromatic rings. The predicted octanol–water partition coefficient (Wildman–Crippen LogP) is 1.97. The van der Waals surface area contributed by atoms with Gasteiger partial charge in [0.05, 0.1) is 5.41 Å². The van der Waals surface area contributed by atoms with Gasteiger partial charge in [-0.15, -0.1) is 0 Å². The van der Waals surface area contributed by atoms with E-state index in [-0.39, 0.29) is 5.91 Å². The fourth-order valence-corrected chi connectivity index (χ4v) is 1.69. The summed E-state index contributed by atoms with van der Waals surface area (Å²) in [6, 6.07) is -0.399. The molecule has 0 aliphatic carbocycles. The second kappa shape index (κ2) is 5.14. The molecule has 0 saturated carbocycles. The second-order valence-corrected chi connectivity index (χ2v) is 4.50. The molecule has 3 amide bonds. The summed E-state index contributed by atoms with van der Waals surface area (Å²) >= 11 is 0. The number of allylic oxidation sites excluding steroid dienone is 1. The first-order valence-corrected chi connectivity index (χ1v) is 5.77. The second-order valence-electron chi connectivity index (χ2n) is 4.50. The Labute approximate surface area is 96.5 Å². The minimum absolute atomic E-state index is 0.207. The van der Waals surface area contributed by atoms with Crippen LogP contribution in [-0.2, 0) is 4.79 Å². The molecule has 1 rings (SSSR count). The van der Waals surface area contributed by atoms with E-state index in [2.05, 4.69) is 23.6 Å². The van der Waals surface area contributed by atoms with E-state index in [9.17, 15) is 9.59 Å². The molecular formula is C12H20N2O2. The van der Waals surface area contributed by atoms with E-state index in [0.717, 1.165) is 24.8 Å². The summed E-state index contributed by atoms with van der Waals surface area (Å²) in [5, 5.41) is 4.97. The normalized spacial score (nSPS) is 26.3. The SMILES string of the molecule is CCCCC=C(C)C1(C)CNC(=O)NC1=O. The molecule has 4 nitrogen and oxygen atoms in total. The molecule has 4 heteroatoms. The molecule has 1 saturated heterocycles. The molecule has 0 bridgehead atoms. The zero-order chi connectivity index (χ0) is 12.2. The molecule has 0 spiro atoms. The molecule has 1 aliphatic rings. The topological polar surface area (TPSA) is 58.2 Å². The van der Waals surface area contributed by atoms with Crippen LogP contribution in [0.1, 0.15) is 40.0 Å². The highest BCUT2D eigenvalue weighted by Crippen LogP contribution is 2.28. The summed E-state index contributed by atoms with van der Waals surface area (Å²) in [6.07, 6.45) is 5.35. The predicted molar refractivity (Wildman–Crippen MR) is 62.9 cm³/mol. The van der Waals surface area contributed by atoms with E-state index in [0.29, 0.717) is 6.54 Å². The Morgan fingerprint density at radius 3 is 2.75 bits per heavy atom. The van der Waals surface area contributed by atoms with Gasteiger partial charge < -0.3 is 5.32 Å². The van der Waals surface area contributed by atoms with Crippen molar-refractivity contribution in [3.63, 3.8) is 0 Å². The van der Waals surface area contributed by atoms with Gasteiger partial charge in [-0.1, -0.05) is 31.4 Å². The third-order valence-electron chi connectivity index (χ3n) is 3.21. The number of imide groups is 1. The molecule has 90 valence electrons. The van der Waals surface area contributed by atoms with Gasteiger partial charge in [-0.2, -0.15) is 0 Å². The summed E-state index contributed by atoms with van der Waals surface area (Å²) < 4.78 is 0. The maximum Gasteiger partial charge on any atom is 0.321 e. The molecule has 0 aromatic heterocycles. The average molecular weight is 224 g/mol. The van der Waals surface area contributed by atoms with Gasteiger partial charge in [-0.25, -0.2) is 4.79 Å². The Kier molecular flexibility index (Phi) is 4.10. The number of nitrogens with one attached hydrogen (secondary N) is 2. The van der Waals surface area contributed by atoms with Gasteiger partial charge in [-0.3, -0.25) is 10.1 Å². The van der Waals surface area contributed by atoms with E-state index in [1.807, 2.05) is 13.8 Å². The largest absolute Gasteiger partial charge is 0.336 e. The Hall–Kier alpha value is -1.32. The third-order valence-corrected chi connectivity index (χ3v) is 3.21. The number of carbonyl (C=O) groups is 2. The molecule has 1 unspecified atom stereocenters. The van der Waals surface area contributed by atoms with Crippen LogP contribution in [0.25, 0.3) is 0 Å². The Balaban J connectivity index is 2.72. The standard InChI is InChI=1S/C12H20N2O2/c1-4-5-6-7-9(2)12(3)8-13-11(16)14-10(12)15/h7H,4-6,8H2,1-3H3,(H2,13,14,15,16). The maximum absolute atomic E-state index is 11.8. The lowest BCUT2D eigenvalue weighted by Crippen LogP contribution is -2.58. The number of hydrogen-bond donors (Lipinski definition) is 2. The van der Waals surface area contributed by atoms with Crippen LogP contribution >= 0.6 is 0 Å². The zero-order valence-corrected chi connectivity index (χ0v) is 10.2. The Bertz CT molecular complexity index is 323. The van der Waals surface area contributed by atoms with Gasteiger partial charge in [0.2, 0.25) is 5.91 Å². The first kappa shape index (κ1) is 12.7. The number of urea groups is 1. The van der Waals surface area contributed by atoms with Crippen molar-refractivity contribution >= 4 is 11.9 Å². The molecule has 1 fully saturated rings. The van der Waals surface area contributed by atoms with E-state index in [1.54, 1.807) is 0 Å². The van der Waals surface area contributed by atoms with Gasteiger partial charge >= 0.3 is 6.03 Å².